The monoisotopic (exact) mass is 376 g/mol. The van der Waals surface area contributed by atoms with E-state index in [0.29, 0.717) is 16.7 Å². The fourth-order valence-electron chi connectivity index (χ4n) is 3.49. The molecule has 0 bridgehead atoms. The van der Waals surface area contributed by atoms with Gasteiger partial charge >= 0.3 is 0 Å². The van der Waals surface area contributed by atoms with Crippen molar-refractivity contribution in [2.24, 2.45) is 0 Å². The van der Waals surface area contributed by atoms with E-state index in [4.69, 9.17) is 16.6 Å². The van der Waals surface area contributed by atoms with E-state index in [0.717, 1.165) is 40.1 Å². The highest BCUT2D eigenvalue weighted by atomic mass is 32.1. The van der Waals surface area contributed by atoms with E-state index in [1.165, 1.54) is 5.56 Å². The summed E-state index contributed by atoms with van der Waals surface area (Å²) < 4.78 is 21.1. The zero-order valence-electron chi connectivity index (χ0n) is 15.5. The second kappa shape index (κ2) is 7.24. The summed E-state index contributed by atoms with van der Waals surface area (Å²) >= 11 is 5.47. The van der Waals surface area contributed by atoms with Crippen molar-refractivity contribution in [3.63, 3.8) is 0 Å². The fraction of sp³-hybridized carbons (Fsp3) is 0.208. The molecule has 0 fully saturated rings. The van der Waals surface area contributed by atoms with Gasteiger partial charge in [-0.25, -0.2) is 4.39 Å². The van der Waals surface area contributed by atoms with Gasteiger partial charge in [0.1, 0.15) is 0 Å². The van der Waals surface area contributed by atoms with Crippen molar-refractivity contribution >= 4 is 34.0 Å². The summed E-state index contributed by atoms with van der Waals surface area (Å²) in [5, 5.41) is 2.54. The molecule has 0 aliphatic carbocycles. The van der Waals surface area contributed by atoms with Crippen molar-refractivity contribution in [1.82, 2.24) is 0 Å². The first kappa shape index (κ1) is 17.9. The Labute approximate surface area is 163 Å². The highest BCUT2D eigenvalue weighted by Gasteiger charge is 2.14. The van der Waals surface area contributed by atoms with Crippen LogP contribution in [-0.4, -0.2) is 0 Å². The largest absolute Gasteiger partial charge is 0.441 e. The third kappa shape index (κ3) is 3.28. The SMILES string of the molecule is CCCCc1ccc2c(oc(=S)c3cc(-c4ccc(C)cc4)ccc32)c1F. The molecule has 0 amide bonds. The van der Waals surface area contributed by atoms with E-state index in [9.17, 15) is 4.39 Å². The molecule has 0 saturated carbocycles. The van der Waals surface area contributed by atoms with Crippen LogP contribution in [0, 0.1) is 17.4 Å². The standard InChI is InChI=1S/C24H21FOS/c1-3-4-5-17-10-13-20-19-12-11-18(16-8-6-15(2)7-9-16)14-21(19)24(27)26-23(20)22(17)25/h6-14H,3-5H2,1-2H3. The van der Waals surface area contributed by atoms with E-state index in [-0.39, 0.29) is 11.4 Å². The van der Waals surface area contributed by atoms with Gasteiger partial charge in [0.15, 0.2) is 16.1 Å². The number of hydrogen-bond donors (Lipinski definition) is 0. The lowest BCUT2D eigenvalue weighted by Gasteiger charge is -2.10. The molecule has 0 atom stereocenters. The first-order chi connectivity index (χ1) is 13.1. The Morgan fingerprint density at radius 1 is 0.889 bits per heavy atom. The molecule has 3 heteroatoms. The molecule has 136 valence electrons. The summed E-state index contributed by atoms with van der Waals surface area (Å²) in [5.41, 5.74) is 4.38. The Hall–Kier alpha value is -2.52. The molecule has 4 rings (SSSR count). The lowest BCUT2D eigenvalue weighted by atomic mass is 9.98. The van der Waals surface area contributed by atoms with Gasteiger partial charge in [-0.15, -0.1) is 0 Å². The highest BCUT2D eigenvalue weighted by molar-refractivity contribution is 7.71. The summed E-state index contributed by atoms with van der Waals surface area (Å²) in [7, 11) is 0. The van der Waals surface area contributed by atoms with Gasteiger partial charge in [-0.3, -0.25) is 0 Å². The van der Waals surface area contributed by atoms with Crippen molar-refractivity contribution in [1.29, 1.82) is 0 Å². The van der Waals surface area contributed by atoms with E-state index >= 15 is 0 Å². The molecule has 0 spiro atoms. The Bertz CT molecular complexity index is 1190. The molecule has 0 radical (unpaired) electrons. The number of aryl methyl sites for hydroxylation is 2. The molecule has 4 aromatic rings. The Balaban J connectivity index is 1.91. The molecule has 1 aromatic heterocycles. The molecule has 0 unspecified atom stereocenters. The Morgan fingerprint density at radius 2 is 1.59 bits per heavy atom. The lowest BCUT2D eigenvalue weighted by molar-refractivity contribution is 0.537. The van der Waals surface area contributed by atoms with Gasteiger partial charge in [-0.05, 0) is 60.1 Å². The average molecular weight is 376 g/mol. The molecule has 3 aromatic carbocycles. The van der Waals surface area contributed by atoms with Crippen molar-refractivity contribution in [3.8, 4) is 11.1 Å². The van der Waals surface area contributed by atoms with Crippen molar-refractivity contribution in [3.05, 3.63) is 76.2 Å². The van der Waals surface area contributed by atoms with Crippen LogP contribution in [0.2, 0.25) is 0 Å². The molecule has 1 heterocycles. The maximum Gasteiger partial charge on any atom is 0.198 e. The van der Waals surface area contributed by atoms with Gasteiger partial charge in [0.2, 0.25) is 0 Å². The number of benzene rings is 3. The van der Waals surface area contributed by atoms with Crippen molar-refractivity contribution in [2.75, 3.05) is 0 Å². The van der Waals surface area contributed by atoms with Crippen LogP contribution < -0.4 is 0 Å². The molecule has 0 N–H and O–H groups in total. The molecular weight excluding hydrogens is 355 g/mol. The van der Waals surface area contributed by atoms with Gasteiger partial charge < -0.3 is 4.42 Å². The molecule has 27 heavy (non-hydrogen) atoms. The molecule has 1 nitrogen and oxygen atoms in total. The van der Waals surface area contributed by atoms with Crippen LogP contribution in [0.4, 0.5) is 4.39 Å². The van der Waals surface area contributed by atoms with Crippen LogP contribution in [0.1, 0.15) is 30.9 Å². The van der Waals surface area contributed by atoms with Crippen LogP contribution in [0.15, 0.2) is 59.0 Å². The number of unbranched alkanes of at least 4 members (excludes halogenated alkanes) is 1. The van der Waals surface area contributed by atoms with Gasteiger partial charge in [0.25, 0.3) is 0 Å². The normalized spacial score (nSPS) is 11.4. The second-order valence-corrected chi connectivity index (χ2v) is 7.41. The predicted molar refractivity (Wildman–Crippen MR) is 113 cm³/mol. The third-order valence-electron chi connectivity index (χ3n) is 5.09. The Kier molecular flexibility index (Phi) is 4.79. The lowest BCUT2D eigenvalue weighted by Crippen LogP contribution is -1.93. The van der Waals surface area contributed by atoms with E-state index in [1.54, 1.807) is 0 Å². The maximum atomic E-state index is 14.9. The van der Waals surface area contributed by atoms with Crippen molar-refractivity contribution in [2.45, 2.75) is 33.1 Å². The van der Waals surface area contributed by atoms with E-state index < -0.39 is 0 Å². The summed E-state index contributed by atoms with van der Waals surface area (Å²) in [4.78, 5) is 0. The smallest absolute Gasteiger partial charge is 0.198 e. The second-order valence-electron chi connectivity index (χ2n) is 7.03. The minimum Gasteiger partial charge on any atom is -0.441 e. The number of hydrogen-bond acceptors (Lipinski definition) is 2. The summed E-state index contributed by atoms with van der Waals surface area (Å²) in [6.07, 6.45) is 2.70. The van der Waals surface area contributed by atoms with Crippen LogP contribution in [-0.2, 0) is 6.42 Å². The predicted octanol–water partition coefficient (Wildman–Crippen LogP) is 7.77. The molecular formula is C24H21FOS. The molecule has 0 aliphatic heterocycles. The molecule has 0 saturated heterocycles. The minimum atomic E-state index is -0.281. The van der Waals surface area contributed by atoms with Crippen LogP contribution in [0.5, 0.6) is 0 Å². The zero-order chi connectivity index (χ0) is 19.0. The van der Waals surface area contributed by atoms with Gasteiger partial charge in [0, 0.05) is 10.8 Å². The van der Waals surface area contributed by atoms with Crippen LogP contribution >= 0.6 is 12.2 Å². The fourth-order valence-corrected chi connectivity index (χ4v) is 3.74. The van der Waals surface area contributed by atoms with Gasteiger partial charge in [0.05, 0.1) is 0 Å². The van der Waals surface area contributed by atoms with Gasteiger partial charge in [-0.1, -0.05) is 67.4 Å². The van der Waals surface area contributed by atoms with Crippen LogP contribution in [0.25, 0.3) is 32.9 Å². The summed E-state index contributed by atoms with van der Waals surface area (Å²) in [6, 6.07) is 18.3. The topological polar surface area (TPSA) is 13.1 Å². The first-order valence-corrected chi connectivity index (χ1v) is 9.74. The third-order valence-corrected chi connectivity index (χ3v) is 5.39. The number of halogens is 1. The van der Waals surface area contributed by atoms with Crippen molar-refractivity contribution < 1.29 is 8.81 Å². The maximum absolute atomic E-state index is 14.9. The quantitative estimate of drug-likeness (QED) is 0.266. The van der Waals surface area contributed by atoms with Crippen LogP contribution in [0.3, 0.4) is 0 Å². The summed E-state index contributed by atoms with van der Waals surface area (Å²) in [5.74, 6) is -0.281. The average Bonchev–Trinajstić information content (AvgIpc) is 2.68. The minimum absolute atomic E-state index is 0.268. The first-order valence-electron chi connectivity index (χ1n) is 9.33. The molecule has 0 aliphatic rings. The van der Waals surface area contributed by atoms with E-state index in [2.05, 4.69) is 44.2 Å². The zero-order valence-corrected chi connectivity index (χ0v) is 16.3. The Morgan fingerprint density at radius 3 is 2.33 bits per heavy atom. The number of fused-ring (bicyclic) bond motifs is 3. The van der Waals surface area contributed by atoms with E-state index in [1.807, 2.05) is 24.3 Å². The number of rotatable bonds is 4. The highest BCUT2D eigenvalue weighted by Crippen LogP contribution is 2.33. The summed E-state index contributed by atoms with van der Waals surface area (Å²) in [6.45, 7) is 4.17. The van der Waals surface area contributed by atoms with Gasteiger partial charge in [-0.2, -0.15) is 0 Å².